The molecular formula is C16H26N4O. The molecule has 21 heavy (non-hydrogen) atoms. The van der Waals surface area contributed by atoms with E-state index < -0.39 is 0 Å². The molecule has 2 aliphatic rings. The van der Waals surface area contributed by atoms with Gasteiger partial charge in [-0.3, -0.25) is 4.90 Å². The van der Waals surface area contributed by atoms with Gasteiger partial charge < -0.3 is 15.0 Å². The maximum atomic E-state index is 5.44. The van der Waals surface area contributed by atoms with Gasteiger partial charge >= 0.3 is 0 Å². The molecule has 116 valence electrons. The third-order valence-corrected chi connectivity index (χ3v) is 4.44. The molecule has 1 aromatic rings. The van der Waals surface area contributed by atoms with E-state index in [0.29, 0.717) is 6.04 Å². The quantitative estimate of drug-likeness (QED) is 0.879. The molecule has 3 heterocycles. The summed E-state index contributed by atoms with van der Waals surface area (Å²) < 4.78 is 5.44. The van der Waals surface area contributed by atoms with E-state index in [1.807, 2.05) is 6.20 Å². The van der Waals surface area contributed by atoms with Crippen LogP contribution in [0.5, 0.6) is 0 Å². The molecule has 0 aliphatic carbocycles. The Morgan fingerprint density at radius 3 is 2.86 bits per heavy atom. The Bertz CT molecular complexity index is 430. The van der Waals surface area contributed by atoms with Gasteiger partial charge in [-0.1, -0.05) is 13.0 Å². The van der Waals surface area contributed by atoms with Crippen LogP contribution < -0.4 is 10.2 Å². The van der Waals surface area contributed by atoms with Crippen molar-refractivity contribution in [3.8, 4) is 0 Å². The van der Waals surface area contributed by atoms with Crippen molar-refractivity contribution in [2.45, 2.75) is 25.9 Å². The van der Waals surface area contributed by atoms with Crippen molar-refractivity contribution >= 4 is 5.82 Å². The first-order chi connectivity index (χ1) is 10.4. The molecule has 2 saturated heterocycles. The van der Waals surface area contributed by atoms with Gasteiger partial charge in [0.05, 0.1) is 13.2 Å². The average molecular weight is 290 g/mol. The minimum Gasteiger partial charge on any atom is -0.379 e. The fraction of sp³-hybridized carbons (Fsp3) is 0.688. The van der Waals surface area contributed by atoms with E-state index in [1.165, 1.54) is 12.0 Å². The van der Waals surface area contributed by atoms with Crippen LogP contribution in [0.25, 0.3) is 0 Å². The number of pyridine rings is 1. The van der Waals surface area contributed by atoms with Crippen molar-refractivity contribution in [3.05, 3.63) is 23.9 Å². The zero-order chi connectivity index (χ0) is 14.5. The summed E-state index contributed by atoms with van der Waals surface area (Å²) in [4.78, 5) is 9.62. The van der Waals surface area contributed by atoms with E-state index >= 15 is 0 Å². The van der Waals surface area contributed by atoms with E-state index in [1.54, 1.807) is 0 Å². The minimum atomic E-state index is 0.664. The van der Waals surface area contributed by atoms with Crippen LogP contribution in [0.1, 0.15) is 18.9 Å². The first-order valence-electron chi connectivity index (χ1n) is 8.09. The largest absolute Gasteiger partial charge is 0.379 e. The van der Waals surface area contributed by atoms with Crippen LogP contribution in [-0.4, -0.2) is 61.9 Å². The summed E-state index contributed by atoms with van der Waals surface area (Å²) in [6, 6.07) is 5.01. The predicted molar refractivity (Wildman–Crippen MR) is 84.6 cm³/mol. The molecule has 0 amide bonds. The van der Waals surface area contributed by atoms with Crippen molar-refractivity contribution < 1.29 is 4.74 Å². The number of aromatic nitrogens is 1. The molecular weight excluding hydrogens is 264 g/mol. The zero-order valence-electron chi connectivity index (χ0n) is 12.9. The number of hydrogen-bond acceptors (Lipinski definition) is 5. The molecule has 1 aromatic heterocycles. The van der Waals surface area contributed by atoms with Crippen LogP contribution in [-0.2, 0) is 11.3 Å². The molecule has 2 fully saturated rings. The highest BCUT2D eigenvalue weighted by Gasteiger charge is 2.29. The Hall–Kier alpha value is -1.17. The van der Waals surface area contributed by atoms with Gasteiger partial charge in [0.2, 0.25) is 0 Å². The van der Waals surface area contributed by atoms with Crippen molar-refractivity contribution in [2.75, 3.05) is 50.8 Å². The number of nitrogens with one attached hydrogen (secondary N) is 1. The number of nitrogens with zero attached hydrogens (tertiary/aromatic N) is 3. The summed E-state index contributed by atoms with van der Waals surface area (Å²) >= 11 is 0. The number of rotatable bonds is 5. The van der Waals surface area contributed by atoms with E-state index in [0.717, 1.165) is 58.3 Å². The lowest BCUT2D eigenvalue weighted by Gasteiger charge is -2.32. The van der Waals surface area contributed by atoms with Crippen molar-refractivity contribution in [1.82, 2.24) is 15.2 Å². The van der Waals surface area contributed by atoms with Gasteiger partial charge in [0.1, 0.15) is 5.82 Å². The van der Waals surface area contributed by atoms with Gasteiger partial charge in [0.15, 0.2) is 0 Å². The van der Waals surface area contributed by atoms with E-state index in [9.17, 15) is 0 Å². The van der Waals surface area contributed by atoms with Crippen LogP contribution in [0.4, 0.5) is 5.82 Å². The fourth-order valence-corrected chi connectivity index (χ4v) is 3.17. The molecule has 0 radical (unpaired) electrons. The lowest BCUT2D eigenvalue weighted by molar-refractivity contribution is 0.0209. The van der Waals surface area contributed by atoms with E-state index in [-0.39, 0.29) is 0 Å². The minimum absolute atomic E-state index is 0.664. The van der Waals surface area contributed by atoms with Crippen LogP contribution in [0.3, 0.4) is 0 Å². The SMILES string of the molecule is CCNCc1ccc(N2CCC(N3CCOCC3)C2)nc1. The molecule has 5 nitrogen and oxygen atoms in total. The fourth-order valence-electron chi connectivity index (χ4n) is 3.17. The first kappa shape index (κ1) is 14.8. The maximum absolute atomic E-state index is 5.44. The Kier molecular flexibility index (Phi) is 5.06. The second kappa shape index (κ2) is 7.20. The summed E-state index contributed by atoms with van der Waals surface area (Å²) in [6.45, 7) is 10.1. The van der Waals surface area contributed by atoms with Gasteiger partial charge in [0.25, 0.3) is 0 Å². The lowest BCUT2D eigenvalue weighted by Crippen LogP contribution is -2.44. The van der Waals surface area contributed by atoms with Crippen LogP contribution in [0, 0.1) is 0 Å². The summed E-state index contributed by atoms with van der Waals surface area (Å²) in [6.07, 6.45) is 3.24. The zero-order valence-corrected chi connectivity index (χ0v) is 12.9. The molecule has 1 N–H and O–H groups in total. The first-order valence-corrected chi connectivity index (χ1v) is 8.09. The van der Waals surface area contributed by atoms with Gasteiger partial charge in [-0.05, 0) is 24.6 Å². The Balaban J connectivity index is 1.55. The highest BCUT2D eigenvalue weighted by molar-refractivity contribution is 5.41. The number of morpholine rings is 1. The Morgan fingerprint density at radius 1 is 1.29 bits per heavy atom. The van der Waals surface area contributed by atoms with E-state index in [2.05, 4.69) is 39.2 Å². The molecule has 2 aliphatic heterocycles. The van der Waals surface area contributed by atoms with Crippen molar-refractivity contribution in [2.24, 2.45) is 0 Å². The number of ether oxygens (including phenoxy) is 1. The smallest absolute Gasteiger partial charge is 0.128 e. The molecule has 1 unspecified atom stereocenters. The standard InChI is InChI=1S/C16H26N4O/c1-2-17-11-14-3-4-16(18-12-14)20-6-5-15(13-20)19-7-9-21-10-8-19/h3-4,12,15,17H,2,5-11,13H2,1H3. The molecule has 5 heteroatoms. The Morgan fingerprint density at radius 2 is 2.14 bits per heavy atom. The summed E-state index contributed by atoms with van der Waals surface area (Å²) in [5.41, 5.74) is 1.25. The highest BCUT2D eigenvalue weighted by atomic mass is 16.5. The molecule has 0 bridgehead atoms. The normalized spacial score (nSPS) is 23.7. The molecule has 0 saturated carbocycles. The molecule has 3 rings (SSSR count). The summed E-state index contributed by atoms with van der Waals surface area (Å²) in [7, 11) is 0. The van der Waals surface area contributed by atoms with Crippen molar-refractivity contribution in [3.63, 3.8) is 0 Å². The highest BCUT2D eigenvalue weighted by Crippen LogP contribution is 2.22. The van der Waals surface area contributed by atoms with Crippen LogP contribution in [0.2, 0.25) is 0 Å². The third kappa shape index (κ3) is 3.73. The maximum Gasteiger partial charge on any atom is 0.128 e. The molecule has 0 spiro atoms. The van der Waals surface area contributed by atoms with Gasteiger partial charge in [-0.2, -0.15) is 0 Å². The van der Waals surface area contributed by atoms with Crippen LogP contribution in [0.15, 0.2) is 18.3 Å². The summed E-state index contributed by atoms with van der Waals surface area (Å²) in [5.74, 6) is 1.12. The third-order valence-electron chi connectivity index (χ3n) is 4.44. The van der Waals surface area contributed by atoms with Gasteiger partial charge in [-0.25, -0.2) is 4.98 Å². The van der Waals surface area contributed by atoms with E-state index in [4.69, 9.17) is 4.74 Å². The topological polar surface area (TPSA) is 40.6 Å². The number of anilines is 1. The summed E-state index contributed by atoms with van der Waals surface area (Å²) in [5, 5.41) is 3.33. The van der Waals surface area contributed by atoms with Crippen molar-refractivity contribution in [1.29, 1.82) is 0 Å². The average Bonchev–Trinajstić information content (AvgIpc) is 3.04. The number of hydrogen-bond donors (Lipinski definition) is 1. The lowest BCUT2D eigenvalue weighted by atomic mass is 10.2. The van der Waals surface area contributed by atoms with Gasteiger partial charge in [-0.15, -0.1) is 0 Å². The van der Waals surface area contributed by atoms with Crippen LogP contribution >= 0.6 is 0 Å². The predicted octanol–water partition coefficient (Wildman–Crippen LogP) is 1.10. The second-order valence-corrected chi connectivity index (χ2v) is 5.84. The second-order valence-electron chi connectivity index (χ2n) is 5.84. The Labute approximate surface area is 127 Å². The monoisotopic (exact) mass is 290 g/mol. The molecule has 1 atom stereocenters. The van der Waals surface area contributed by atoms with Gasteiger partial charge in [0, 0.05) is 45.0 Å². The molecule has 0 aromatic carbocycles.